The van der Waals surface area contributed by atoms with Crippen molar-refractivity contribution in [1.29, 1.82) is 0 Å². The van der Waals surface area contributed by atoms with E-state index in [0.717, 1.165) is 22.4 Å². The molecule has 4 heteroatoms. The Bertz CT molecular complexity index is 583. The molecule has 1 aliphatic heterocycles. The van der Waals surface area contributed by atoms with E-state index in [1.165, 1.54) is 0 Å². The Hall–Kier alpha value is -1.55. The number of aromatic hydroxyl groups is 1. The minimum Gasteiger partial charge on any atom is -0.507 e. The second kappa shape index (κ2) is 5.82. The normalized spacial score (nSPS) is 20.2. The molecular formula is C19H29NO3. The maximum Gasteiger partial charge on any atom is 0.158 e. The van der Waals surface area contributed by atoms with Gasteiger partial charge in [-0.2, -0.15) is 0 Å². The molecule has 0 saturated heterocycles. The molecule has 1 aromatic carbocycles. The van der Waals surface area contributed by atoms with Crippen molar-refractivity contribution in [3.8, 4) is 5.75 Å². The molecule has 2 atom stereocenters. The number of nitrogens with zero attached hydrogens (tertiary/aromatic N) is 1. The third-order valence-corrected chi connectivity index (χ3v) is 4.29. The van der Waals surface area contributed by atoms with Gasteiger partial charge in [0, 0.05) is 23.1 Å². The summed E-state index contributed by atoms with van der Waals surface area (Å²) in [6.45, 7) is 14.2. The van der Waals surface area contributed by atoms with E-state index in [4.69, 9.17) is 4.84 Å². The fourth-order valence-corrected chi connectivity index (χ4v) is 2.77. The number of hydrogen-bond donors (Lipinski definition) is 2. The molecule has 0 bridgehead atoms. The zero-order valence-electron chi connectivity index (χ0n) is 15.3. The van der Waals surface area contributed by atoms with Crippen molar-refractivity contribution in [2.24, 2.45) is 5.16 Å². The van der Waals surface area contributed by atoms with Gasteiger partial charge in [-0.25, -0.2) is 0 Å². The molecule has 0 fully saturated rings. The number of aliphatic hydroxyl groups is 1. The van der Waals surface area contributed by atoms with Crippen LogP contribution in [0.2, 0.25) is 0 Å². The van der Waals surface area contributed by atoms with Crippen LogP contribution in [0.3, 0.4) is 0 Å². The first-order valence-electron chi connectivity index (χ1n) is 8.20. The summed E-state index contributed by atoms with van der Waals surface area (Å²) >= 11 is 0. The van der Waals surface area contributed by atoms with Crippen molar-refractivity contribution in [2.75, 3.05) is 0 Å². The van der Waals surface area contributed by atoms with Gasteiger partial charge in [0.2, 0.25) is 0 Å². The smallest absolute Gasteiger partial charge is 0.158 e. The summed E-state index contributed by atoms with van der Waals surface area (Å²) < 4.78 is 0. The maximum atomic E-state index is 10.8. The quantitative estimate of drug-likeness (QED) is 0.870. The maximum absolute atomic E-state index is 10.8. The number of phenols is 1. The van der Waals surface area contributed by atoms with Gasteiger partial charge in [0.15, 0.2) is 6.10 Å². The van der Waals surface area contributed by atoms with Crippen LogP contribution >= 0.6 is 0 Å². The van der Waals surface area contributed by atoms with E-state index in [9.17, 15) is 10.2 Å². The summed E-state index contributed by atoms with van der Waals surface area (Å²) in [4.78, 5) is 5.34. The number of phenolic OH excluding ortho intramolecular Hbond substituents is 1. The van der Waals surface area contributed by atoms with Crippen molar-refractivity contribution in [1.82, 2.24) is 0 Å². The topological polar surface area (TPSA) is 62.0 Å². The number of oxime groups is 1. The summed E-state index contributed by atoms with van der Waals surface area (Å²) in [5.41, 5.74) is 3.24. The lowest BCUT2D eigenvalue weighted by atomic mass is 9.78. The van der Waals surface area contributed by atoms with Crippen LogP contribution in [0.15, 0.2) is 17.3 Å². The molecule has 128 valence electrons. The lowest BCUT2D eigenvalue weighted by molar-refractivity contribution is -0.00780. The number of hydrogen-bond acceptors (Lipinski definition) is 4. The zero-order chi connectivity index (χ0) is 17.6. The van der Waals surface area contributed by atoms with Gasteiger partial charge in [-0.05, 0) is 29.9 Å². The highest BCUT2D eigenvalue weighted by Crippen LogP contribution is 2.40. The molecule has 1 heterocycles. The highest BCUT2D eigenvalue weighted by molar-refractivity contribution is 6.02. The van der Waals surface area contributed by atoms with Gasteiger partial charge in [0.1, 0.15) is 5.75 Å². The van der Waals surface area contributed by atoms with Gasteiger partial charge >= 0.3 is 0 Å². The minimum absolute atomic E-state index is 0.177. The van der Waals surface area contributed by atoms with Crippen LogP contribution in [-0.4, -0.2) is 28.1 Å². The van der Waals surface area contributed by atoms with Crippen molar-refractivity contribution < 1.29 is 15.1 Å². The number of benzene rings is 1. The van der Waals surface area contributed by atoms with Crippen LogP contribution in [-0.2, 0) is 15.7 Å². The van der Waals surface area contributed by atoms with E-state index in [1.807, 2.05) is 12.1 Å². The second-order valence-corrected chi connectivity index (χ2v) is 8.55. The van der Waals surface area contributed by atoms with E-state index in [2.05, 4.69) is 46.7 Å². The molecule has 0 unspecified atom stereocenters. The molecule has 0 saturated carbocycles. The first-order chi connectivity index (χ1) is 10.4. The third kappa shape index (κ3) is 3.69. The summed E-state index contributed by atoms with van der Waals surface area (Å²) in [5, 5.41) is 24.6. The van der Waals surface area contributed by atoms with Crippen LogP contribution in [0.5, 0.6) is 5.75 Å². The molecule has 0 aromatic heterocycles. The van der Waals surface area contributed by atoms with Gasteiger partial charge < -0.3 is 15.1 Å². The summed E-state index contributed by atoms with van der Waals surface area (Å²) in [7, 11) is 0. The van der Waals surface area contributed by atoms with Crippen LogP contribution < -0.4 is 0 Å². The standard InChI is InChI=1S/C19H29NO3/c1-11(21)16-10-15(20-23-16)12-8-13(18(2,3)4)17(22)14(9-12)19(5,6)7/h8-9,11,16,21-22H,10H2,1-7H3/t11-,16+/m1/s1. The molecule has 0 aliphatic carbocycles. The van der Waals surface area contributed by atoms with Crippen molar-refractivity contribution in [3.63, 3.8) is 0 Å². The Balaban J connectivity index is 2.54. The zero-order valence-corrected chi connectivity index (χ0v) is 15.3. The van der Waals surface area contributed by atoms with Crippen LogP contribution in [0.25, 0.3) is 0 Å². The second-order valence-electron chi connectivity index (χ2n) is 8.55. The monoisotopic (exact) mass is 319 g/mol. The Kier molecular flexibility index (Phi) is 4.51. The van der Waals surface area contributed by atoms with Gasteiger partial charge in [-0.3, -0.25) is 0 Å². The summed E-state index contributed by atoms with van der Waals surface area (Å²) in [6, 6.07) is 3.99. The average molecular weight is 319 g/mol. The molecule has 0 spiro atoms. The first kappa shape index (κ1) is 17.8. The van der Waals surface area contributed by atoms with E-state index < -0.39 is 6.10 Å². The molecule has 1 aromatic rings. The Morgan fingerprint density at radius 3 is 1.91 bits per heavy atom. The van der Waals surface area contributed by atoms with Crippen molar-refractivity contribution in [2.45, 2.75) is 77.9 Å². The minimum atomic E-state index is -0.558. The lowest BCUT2D eigenvalue weighted by Gasteiger charge is -2.28. The van der Waals surface area contributed by atoms with Crippen molar-refractivity contribution in [3.05, 3.63) is 28.8 Å². The molecular weight excluding hydrogens is 290 g/mol. The Morgan fingerprint density at radius 2 is 1.57 bits per heavy atom. The Morgan fingerprint density at radius 1 is 1.09 bits per heavy atom. The largest absolute Gasteiger partial charge is 0.507 e. The third-order valence-electron chi connectivity index (χ3n) is 4.29. The van der Waals surface area contributed by atoms with Gasteiger partial charge in [-0.1, -0.05) is 46.7 Å². The van der Waals surface area contributed by atoms with E-state index in [-0.39, 0.29) is 16.9 Å². The predicted octanol–water partition coefficient (Wildman–Crippen LogP) is 3.86. The number of rotatable bonds is 2. The highest BCUT2D eigenvalue weighted by atomic mass is 16.6. The average Bonchev–Trinajstić information content (AvgIpc) is 2.85. The lowest BCUT2D eigenvalue weighted by Crippen LogP contribution is -2.23. The fraction of sp³-hybridized carbons (Fsp3) is 0.632. The van der Waals surface area contributed by atoms with Gasteiger partial charge in [-0.15, -0.1) is 0 Å². The molecule has 2 N–H and O–H groups in total. The van der Waals surface area contributed by atoms with Gasteiger partial charge in [0.25, 0.3) is 0 Å². The fourth-order valence-electron chi connectivity index (χ4n) is 2.77. The van der Waals surface area contributed by atoms with Crippen LogP contribution in [0.4, 0.5) is 0 Å². The molecule has 0 radical (unpaired) electrons. The molecule has 0 amide bonds. The molecule has 2 rings (SSSR count). The summed E-state index contributed by atoms with van der Waals surface area (Å²) in [6.07, 6.45) is -0.275. The molecule has 1 aliphatic rings. The van der Waals surface area contributed by atoms with E-state index in [1.54, 1.807) is 6.92 Å². The van der Waals surface area contributed by atoms with Gasteiger partial charge in [0.05, 0.1) is 11.8 Å². The predicted molar refractivity (Wildman–Crippen MR) is 93.2 cm³/mol. The summed E-state index contributed by atoms with van der Waals surface area (Å²) in [5.74, 6) is 0.361. The first-order valence-corrected chi connectivity index (χ1v) is 8.20. The van der Waals surface area contributed by atoms with Crippen LogP contribution in [0, 0.1) is 0 Å². The van der Waals surface area contributed by atoms with E-state index >= 15 is 0 Å². The SMILES string of the molecule is C[C@@H](O)[C@@H]1CC(c2cc(C(C)(C)C)c(O)c(C(C)(C)C)c2)=NO1. The van der Waals surface area contributed by atoms with Crippen molar-refractivity contribution >= 4 is 5.71 Å². The highest BCUT2D eigenvalue weighted by Gasteiger charge is 2.31. The van der Waals surface area contributed by atoms with Crippen LogP contribution in [0.1, 0.15) is 71.6 Å². The number of aliphatic hydroxyl groups excluding tert-OH is 1. The van der Waals surface area contributed by atoms with E-state index in [0.29, 0.717) is 12.2 Å². The molecule has 23 heavy (non-hydrogen) atoms. The molecule has 4 nitrogen and oxygen atoms in total. The Labute approximate surface area is 139 Å².